The molecule has 1 aliphatic rings. The largest absolute Gasteiger partial charge is 0.356 e. The molecule has 0 spiro atoms. The number of ketones is 1. The van der Waals surface area contributed by atoms with E-state index in [2.05, 4.69) is 17.2 Å². The maximum absolute atomic E-state index is 13.8. The van der Waals surface area contributed by atoms with Crippen LogP contribution in [0.2, 0.25) is 4.34 Å². The van der Waals surface area contributed by atoms with Crippen molar-refractivity contribution in [1.29, 1.82) is 0 Å². The highest BCUT2D eigenvalue weighted by Crippen LogP contribution is 2.28. The Morgan fingerprint density at radius 2 is 2.13 bits per heavy atom. The number of hydrogen-bond donors (Lipinski definition) is 1. The minimum atomic E-state index is -2.83. The Kier molecular flexibility index (Phi) is 7.00. The van der Waals surface area contributed by atoms with Crippen molar-refractivity contribution in [1.82, 2.24) is 9.88 Å². The minimum absolute atomic E-state index is 0.0618. The maximum Gasteiger partial charge on any atom is 0.286 e. The number of amides is 1. The molecular formula is C20H16ClF3N2O3S. The minimum Gasteiger partial charge on any atom is -0.356 e. The molecule has 1 amide bonds. The smallest absolute Gasteiger partial charge is 0.286 e. The summed E-state index contributed by atoms with van der Waals surface area (Å²) in [7, 11) is 0. The van der Waals surface area contributed by atoms with Crippen molar-refractivity contribution in [3.05, 3.63) is 54.8 Å². The lowest BCUT2D eigenvalue weighted by Crippen LogP contribution is -2.32. The number of Topliss-reactive ketones (excluding diaryl/α,β-unsaturated/α-hetero) is 1. The van der Waals surface area contributed by atoms with E-state index in [4.69, 9.17) is 11.6 Å². The van der Waals surface area contributed by atoms with Gasteiger partial charge in [-0.3, -0.25) is 14.4 Å². The molecule has 1 fully saturated rings. The number of hydrogen-bond acceptors (Lipinski definition) is 4. The van der Waals surface area contributed by atoms with Crippen molar-refractivity contribution >= 4 is 34.6 Å². The number of nitrogens with one attached hydrogen (secondary N) is 1. The second-order valence-electron chi connectivity index (χ2n) is 6.75. The van der Waals surface area contributed by atoms with Crippen LogP contribution in [0.3, 0.4) is 0 Å². The third-order valence-electron chi connectivity index (χ3n) is 4.42. The zero-order valence-corrected chi connectivity index (χ0v) is 17.1. The first kappa shape index (κ1) is 22.1. The summed E-state index contributed by atoms with van der Waals surface area (Å²) >= 11 is 7.17. The quantitative estimate of drug-likeness (QED) is 0.554. The number of thiophene rings is 1. The molecule has 3 heterocycles. The first-order chi connectivity index (χ1) is 14.2. The van der Waals surface area contributed by atoms with Crippen molar-refractivity contribution in [3.8, 4) is 11.8 Å². The van der Waals surface area contributed by atoms with Crippen LogP contribution in [-0.4, -0.2) is 29.2 Å². The van der Waals surface area contributed by atoms with Gasteiger partial charge in [0.1, 0.15) is 4.34 Å². The Morgan fingerprint density at radius 3 is 2.83 bits per heavy atom. The van der Waals surface area contributed by atoms with Crippen LogP contribution in [0, 0.1) is 23.6 Å². The Hall–Kier alpha value is -2.57. The van der Waals surface area contributed by atoms with Crippen LogP contribution in [0.5, 0.6) is 0 Å². The second-order valence-corrected chi connectivity index (χ2v) is 8.41. The van der Waals surface area contributed by atoms with Gasteiger partial charge >= 0.3 is 0 Å². The molecule has 1 unspecified atom stereocenters. The molecule has 0 aromatic carbocycles. The van der Waals surface area contributed by atoms with Crippen LogP contribution in [0.1, 0.15) is 33.6 Å². The van der Waals surface area contributed by atoms with Crippen LogP contribution in [0.15, 0.2) is 23.1 Å². The van der Waals surface area contributed by atoms with E-state index in [9.17, 15) is 27.6 Å². The van der Waals surface area contributed by atoms with Crippen LogP contribution >= 0.6 is 22.9 Å². The topological polar surface area (TPSA) is 68.2 Å². The fourth-order valence-corrected chi connectivity index (χ4v) is 4.12. The van der Waals surface area contributed by atoms with Crippen molar-refractivity contribution in [2.75, 3.05) is 6.54 Å². The van der Waals surface area contributed by atoms with Gasteiger partial charge in [-0.15, -0.1) is 11.3 Å². The summed E-state index contributed by atoms with van der Waals surface area (Å²) in [6, 6.07) is 2.38. The Bertz CT molecular complexity index is 1100. The molecule has 1 saturated heterocycles. The van der Waals surface area contributed by atoms with E-state index in [0.29, 0.717) is 27.4 Å². The molecule has 2 aromatic heterocycles. The SMILES string of the molecule is O=C1CC(C#Cc2cc(C(=O)Cc3cc(F)c(=O)n(CC(F)F)c3)sc2Cl)CCN1. The Balaban J connectivity index is 1.76. The summed E-state index contributed by atoms with van der Waals surface area (Å²) in [5, 5.41) is 2.72. The van der Waals surface area contributed by atoms with E-state index >= 15 is 0 Å². The van der Waals surface area contributed by atoms with Gasteiger partial charge in [0.2, 0.25) is 5.91 Å². The number of carbonyl (C=O) groups is 2. The van der Waals surface area contributed by atoms with Crippen LogP contribution < -0.4 is 10.9 Å². The summed E-state index contributed by atoms with van der Waals surface area (Å²) in [5.41, 5.74) is -0.618. The monoisotopic (exact) mass is 456 g/mol. The van der Waals surface area contributed by atoms with E-state index in [1.807, 2.05) is 0 Å². The van der Waals surface area contributed by atoms with Gasteiger partial charge in [-0.1, -0.05) is 23.4 Å². The van der Waals surface area contributed by atoms with Crippen LogP contribution in [0.25, 0.3) is 0 Å². The number of alkyl halides is 2. The molecule has 30 heavy (non-hydrogen) atoms. The standard InChI is InChI=1S/C20H16ClF3N2O3S/c21-19-13(2-1-11-3-4-25-18(28)7-11)8-16(30-19)15(27)6-12-5-14(22)20(29)26(9-12)10-17(23)24/h5,8-9,11,17H,3-4,6-7,10H2,(H,25,28). The van der Waals surface area contributed by atoms with E-state index in [1.54, 1.807) is 0 Å². The average molecular weight is 457 g/mol. The first-order valence-electron chi connectivity index (χ1n) is 9.00. The van der Waals surface area contributed by atoms with Gasteiger partial charge in [-0.2, -0.15) is 0 Å². The third-order valence-corrected chi connectivity index (χ3v) is 5.82. The predicted molar refractivity (Wildman–Crippen MR) is 107 cm³/mol. The van der Waals surface area contributed by atoms with Crippen molar-refractivity contribution < 1.29 is 22.8 Å². The molecule has 1 aliphatic heterocycles. The first-order valence-corrected chi connectivity index (χ1v) is 10.2. The molecule has 0 bridgehead atoms. The molecule has 1 atom stereocenters. The van der Waals surface area contributed by atoms with Crippen LogP contribution in [-0.2, 0) is 17.8 Å². The molecule has 5 nitrogen and oxygen atoms in total. The molecular weight excluding hydrogens is 441 g/mol. The van der Waals surface area contributed by atoms with Gasteiger partial charge in [-0.25, -0.2) is 13.2 Å². The Labute approximate surface area is 178 Å². The number of nitrogens with zero attached hydrogens (tertiary/aromatic N) is 1. The second kappa shape index (κ2) is 9.49. The lowest BCUT2D eigenvalue weighted by Gasteiger charge is -2.16. The highest BCUT2D eigenvalue weighted by molar-refractivity contribution is 7.18. The molecule has 3 rings (SSSR count). The lowest BCUT2D eigenvalue weighted by atomic mass is 9.98. The number of carbonyl (C=O) groups excluding carboxylic acids is 2. The highest BCUT2D eigenvalue weighted by atomic mass is 35.5. The fourth-order valence-electron chi connectivity index (χ4n) is 2.99. The molecule has 1 N–H and O–H groups in total. The van der Waals surface area contributed by atoms with E-state index < -0.39 is 30.1 Å². The summed E-state index contributed by atoms with van der Waals surface area (Å²) in [6.45, 7) is -0.398. The molecule has 0 saturated carbocycles. The van der Waals surface area contributed by atoms with Gasteiger partial charge in [0.05, 0.1) is 17.0 Å². The molecule has 0 aliphatic carbocycles. The normalized spacial score (nSPS) is 16.2. The Morgan fingerprint density at radius 1 is 1.37 bits per heavy atom. The lowest BCUT2D eigenvalue weighted by molar-refractivity contribution is -0.122. The number of piperidine rings is 1. The van der Waals surface area contributed by atoms with Crippen molar-refractivity contribution in [2.45, 2.75) is 32.2 Å². The van der Waals surface area contributed by atoms with Gasteiger partial charge in [0.15, 0.2) is 11.6 Å². The predicted octanol–water partition coefficient (Wildman–Crippen LogP) is 3.27. The summed E-state index contributed by atoms with van der Waals surface area (Å²) < 4.78 is 39.8. The molecule has 10 heteroatoms. The zero-order chi connectivity index (χ0) is 21.8. The van der Waals surface area contributed by atoms with E-state index in [0.717, 1.165) is 30.0 Å². The van der Waals surface area contributed by atoms with E-state index in [-0.39, 0.29) is 28.7 Å². The molecule has 0 radical (unpaired) electrons. The number of pyridine rings is 1. The summed E-state index contributed by atoms with van der Waals surface area (Å²) in [6.07, 6.45) is -1.03. The van der Waals surface area contributed by atoms with Gasteiger partial charge in [-0.05, 0) is 24.1 Å². The van der Waals surface area contributed by atoms with Gasteiger partial charge in [0, 0.05) is 31.5 Å². The highest BCUT2D eigenvalue weighted by Gasteiger charge is 2.18. The maximum atomic E-state index is 13.8. The summed E-state index contributed by atoms with van der Waals surface area (Å²) in [4.78, 5) is 35.8. The van der Waals surface area contributed by atoms with Crippen LogP contribution in [0.4, 0.5) is 13.2 Å². The van der Waals surface area contributed by atoms with Crippen molar-refractivity contribution in [3.63, 3.8) is 0 Å². The molecule has 158 valence electrons. The van der Waals surface area contributed by atoms with Gasteiger partial charge in [0.25, 0.3) is 12.0 Å². The van der Waals surface area contributed by atoms with Gasteiger partial charge < -0.3 is 9.88 Å². The molecule has 2 aromatic rings. The number of aromatic nitrogens is 1. The number of halogens is 4. The van der Waals surface area contributed by atoms with Crippen molar-refractivity contribution in [2.24, 2.45) is 5.92 Å². The third kappa shape index (κ3) is 5.52. The summed E-state index contributed by atoms with van der Waals surface area (Å²) in [5.74, 6) is 4.13. The average Bonchev–Trinajstić information content (AvgIpc) is 3.04. The fraction of sp³-hybridized carbons (Fsp3) is 0.350. The van der Waals surface area contributed by atoms with E-state index in [1.165, 1.54) is 6.07 Å². The zero-order valence-electron chi connectivity index (χ0n) is 15.5. The number of rotatable bonds is 5.